The van der Waals surface area contributed by atoms with E-state index < -0.39 is 4.92 Å². The molecule has 3 rings (SSSR count). The molecule has 0 amide bonds. The summed E-state index contributed by atoms with van der Waals surface area (Å²) in [6, 6.07) is 19.8. The summed E-state index contributed by atoms with van der Waals surface area (Å²) in [7, 11) is 1.39. The second-order valence-electron chi connectivity index (χ2n) is 6.11. The van der Waals surface area contributed by atoms with Crippen molar-refractivity contribution in [2.24, 2.45) is 0 Å². The van der Waals surface area contributed by atoms with E-state index in [0.717, 1.165) is 11.4 Å². The van der Waals surface area contributed by atoms with Gasteiger partial charge in [-0.25, -0.2) is 0 Å². The molecule has 0 atom stereocenters. The minimum Gasteiger partial charge on any atom is -0.490 e. The maximum atomic E-state index is 11.1. The van der Waals surface area contributed by atoms with Crippen LogP contribution in [0.3, 0.4) is 0 Å². The largest absolute Gasteiger partial charge is 0.490 e. The molecule has 0 aliphatic heterocycles. The van der Waals surface area contributed by atoms with Crippen LogP contribution in [-0.2, 0) is 0 Å². The number of nitrogens with one attached hydrogen (secondary N) is 2. The van der Waals surface area contributed by atoms with E-state index in [1.54, 1.807) is 13.0 Å². The fourth-order valence-corrected chi connectivity index (χ4v) is 2.86. The van der Waals surface area contributed by atoms with Crippen molar-refractivity contribution >= 4 is 34.4 Å². The predicted octanol–water partition coefficient (Wildman–Crippen LogP) is 5.51. The fraction of sp³-hybridized carbons (Fsp3) is 0.0952. The molecule has 0 radical (unpaired) electrons. The minimum atomic E-state index is -0.481. The van der Waals surface area contributed by atoms with Crippen molar-refractivity contribution in [3.63, 3.8) is 0 Å². The van der Waals surface area contributed by atoms with Gasteiger partial charge in [-0.2, -0.15) is 0 Å². The molecule has 0 saturated heterocycles. The number of para-hydroxylation sites is 1. The highest BCUT2D eigenvalue weighted by Crippen LogP contribution is 2.33. The molecule has 8 heteroatoms. The van der Waals surface area contributed by atoms with Crippen molar-refractivity contribution in [3.8, 4) is 17.2 Å². The number of aryl methyl sites for hydroxylation is 1. The van der Waals surface area contributed by atoms with Crippen LogP contribution in [-0.4, -0.2) is 17.1 Å². The number of rotatable bonds is 6. The molecule has 0 unspecified atom stereocenters. The molecular formula is C21H19N3O4S. The third-order valence-corrected chi connectivity index (χ3v) is 4.27. The third-order valence-electron chi connectivity index (χ3n) is 4.06. The maximum Gasteiger partial charge on any atom is 0.311 e. The van der Waals surface area contributed by atoms with Gasteiger partial charge in [0, 0.05) is 23.5 Å². The van der Waals surface area contributed by atoms with Crippen LogP contribution in [0.4, 0.5) is 17.1 Å². The summed E-state index contributed by atoms with van der Waals surface area (Å²) in [5.41, 5.74) is 1.97. The van der Waals surface area contributed by atoms with Gasteiger partial charge in [0.25, 0.3) is 0 Å². The van der Waals surface area contributed by atoms with Crippen LogP contribution in [0.2, 0.25) is 0 Å². The Kier molecular flexibility index (Phi) is 6.25. The molecule has 0 aliphatic carbocycles. The molecule has 148 valence electrons. The number of nitro groups is 1. The van der Waals surface area contributed by atoms with Gasteiger partial charge in [0.1, 0.15) is 11.5 Å². The van der Waals surface area contributed by atoms with Crippen molar-refractivity contribution in [2.75, 3.05) is 17.7 Å². The van der Waals surface area contributed by atoms with Gasteiger partial charge in [-0.3, -0.25) is 10.1 Å². The summed E-state index contributed by atoms with van der Waals surface area (Å²) in [4.78, 5) is 10.6. The highest BCUT2D eigenvalue weighted by molar-refractivity contribution is 7.80. The first-order valence-electron chi connectivity index (χ1n) is 8.70. The Morgan fingerprint density at radius 2 is 1.66 bits per heavy atom. The van der Waals surface area contributed by atoms with Crippen molar-refractivity contribution in [2.45, 2.75) is 6.92 Å². The molecular weight excluding hydrogens is 390 g/mol. The van der Waals surface area contributed by atoms with E-state index >= 15 is 0 Å². The number of methoxy groups -OCH3 is 1. The Morgan fingerprint density at radius 1 is 1.00 bits per heavy atom. The Bertz CT molecular complexity index is 1020. The summed E-state index contributed by atoms with van der Waals surface area (Å²) >= 11 is 5.35. The van der Waals surface area contributed by atoms with E-state index in [4.69, 9.17) is 21.7 Å². The topological polar surface area (TPSA) is 85.7 Å². The van der Waals surface area contributed by atoms with Gasteiger partial charge in [0.05, 0.1) is 12.0 Å². The van der Waals surface area contributed by atoms with Crippen molar-refractivity contribution in [3.05, 3.63) is 82.4 Å². The molecule has 29 heavy (non-hydrogen) atoms. The second kappa shape index (κ2) is 9.03. The first kappa shape index (κ1) is 20.1. The van der Waals surface area contributed by atoms with E-state index in [2.05, 4.69) is 10.6 Å². The highest BCUT2D eigenvalue weighted by atomic mass is 32.1. The first-order valence-corrected chi connectivity index (χ1v) is 9.11. The molecule has 2 N–H and O–H groups in total. The summed E-state index contributed by atoms with van der Waals surface area (Å²) in [6.07, 6.45) is 0. The summed E-state index contributed by atoms with van der Waals surface area (Å²) < 4.78 is 10.9. The monoisotopic (exact) mass is 409 g/mol. The molecule has 7 nitrogen and oxygen atoms in total. The molecule has 0 bridgehead atoms. The van der Waals surface area contributed by atoms with Gasteiger partial charge in [-0.1, -0.05) is 18.2 Å². The van der Waals surface area contributed by atoms with E-state index in [1.165, 1.54) is 13.2 Å². The SMILES string of the molecule is COc1cc(NC(=S)Nc2ccc(Oc3ccccc3)cc2)c(C)cc1[N+](=O)[O-]. The van der Waals surface area contributed by atoms with Gasteiger partial charge in [-0.05, 0) is 61.1 Å². The van der Waals surface area contributed by atoms with Crippen LogP contribution in [0.1, 0.15) is 5.56 Å². The zero-order valence-electron chi connectivity index (χ0n) is 15.8. The van der Waals surface area contributed by atoms with Gasteiger partial charge in [0.15, 0.2) is 10.9 Å². The van der Waals surface area contributed by atoms with E-state index in [0.29, 0.717) is 22.1 Å². The smallest absolute Gasteiger partial charge is 0.311 e. The number of hydrogen-bond donors (Lipinski definition) is 2. The van der Waals surface area contributed by atoms with Crippen molar-refractivity contribution in [1.29, 1.82) is 0 Å². The number of benzene rings is 3. The molecule has 0 saturated carbocycles. The Morgan fingerprint density at radius 3 is 2.28 bits per heavy atom. The fourth-order valence-electron chi connectivity index (χ4n) is 2.63. The number of ether oxygens (including phenoxy) is 2. The van der Waals surface area contributed by atoms with Gasteiger partial charge < -0.3 is 20.1 Å². The van der Waals surface area contributed by atoms with Crippen LogP contribution in [0.5, 0.6) is 17.2 Å². The van der Waals surface area contributed by atoms with Crippen molar-refractivity contribution < 1.29 is 14.4 Å². The Labute approximate surface area is 173 Å². The number of hydrogen-bond acceptors (Lipinski definition) is 5. The molecule has 3 aromatic rings. The summed E-state index contributed by atoms with van der Waals surface area (Å²) in [5, 5.41) is 17.6. The lowest BCUT2D eigenvalue weighted by molar-refractivity contribution is -0.385. The average Bonchev–Trinajstić information content (AvgIpc) is 2.71. The highest BCUT2D eigenvalue weighted by Gasteiger charge is 2.17. The van der Waals surface area contributed by atoms with Crippen LogP contribution in [0.15, 0.2) is 66.7 Å². The molecule has 0 aliphatic rings. The van der Waals surface area contributed by atoms with E-state index in [-0.39, 0.29) is 11.4 Å². The second-order valence-corrected chi connectivity index (χ2v) is 6.52. The quantitative estimate of drug-likeness (QED) is 0.315. The molecule has 3 aromatic carbocycles. The minimum absolute atomic E-state index is 0.0940. The standard InChI is InChI=1S/C21H19N3O4S/c1-14-12-19(24(25)26)20(27-2)13-18(14)23-21(29)22-15-8-10-17(11-9-15)28-16-6-4-3-5-7-16/h3-13H,1-2H3,(H2,22,23,29). The first-order chi connectivity index (χ1) is 14.0. The zero-order valence-corrected chi connectivity index (χ0v) is 16.7. The summed E-state index contributed by atoms with van der Waals surface area (Å²) in [6.45, 7) is 1.76. The normalized spacial score (nSPS) is 10.1. The zero-order chi connectivity index (χ0) is 20.8. The van der Waals surface area contributed by atoms with Gasteiger partial charge in [0.2, 0.25) is 0 Å². The molecule has 0 fully saturated rings. The predicted molar refractivity (Wildman–Crippen MR) is 117 cm³/mol. The van der Waals surface area contributed by atoms with Crippen LogP contribution < -0.4 is 20.1 Å². The van der Waals surface area contributed by atoms with E-state index in [1.807, 2.05) is 54.6 Å². The molecule has 0 aromatic heterocycles. The summed E-state index contributed by atoms with van der Waals surface area (Å²) in [5.74, 6) is 1.62. The van der Waals surface area contributed by atoms with Crippen LogP contribution in [0.25, 0.3) is 0 Å². The van der Waals surface area contributed by atoms with Crippen LogP contribution in [0, 0.1) is 17.0 Å². The Hall–Kier alpha value is -3.65. The molecule has 0 spiro atoms. The van der Waals surface area contributed by atoms with Crippen molar-refractivity contribution in [1.82, 2.24) is 0 Å². The average molecular weight is 409 g/mol. The van der Waals surface area contributed by atoms with Gasteiger partial charge >= 0.3 is 5.69 Å². The number of anilines is 2. The maximum absolute atomic E-state index is 11.1. The molecule has 0 heterocycles. The lowest BCUT2D eigenvalue weighted by atomic mass is 10.1. The number of nitro benzene ring substituents is 1. The third kappa shape index (κ3) is 5.20. The van der Waals surface area contributed by atoms with Crippen LogP contribution >= 0.6 is 12.2 Å². The Balaban J connectivity index is 1.65. The lowest BCUT2D eigenvalue weighted by Gasteiger charge is -2.14. The van der Waals surface area contributed by atoms with Gasteiger partial charge in [-0.15, -0.1) is 0 Å². The number of nitrogens with zero attached hydrogens (tertiary/aromatic N) is 1. The van der Waals surface area contributed by atoms with E-state index in [9.17, 15) is 10.1 Å². The lowest BCUT2D eigenvalue weighted by Crippen LogP contribution is -2.19. The number of thiocarbonyl (C=S) groups is 1.